The van der Waals surface area contributed by atoms with Gasteiger partial charge < -0.3 is 10.5 Å². The molecule has 0 atom stereocenters. The number of halogens is 3. The third-order valence-electron chi connectivity index (χ3n) is 2.55. The van der Waals surface area contributed by atoms with Crippen molar-refractivity contribution in [3.05, 3.63) is 40.0 Å². The maximum Gasteiger partial charge on any atom is 0.239 e. The number of aromatic nitrogens is 2. The zero-order valence-corrected chi connectivity index (χ0v) is 14.2. The first-order chi connectivity index (χ1) is 9.97. The molecule has 0 radical (unpaired) electrons. The van der Waals surface area contributed by atoms with Gasteiger partial charge in [-0.2, -0.15) is 0 Å². The molecule has 0 amide bonds. The fraction of sp³-hybridized carbons (Fsp3) is 0.286. The Labute approximate surface area is 139 Å². The number of nitrogens with zero attached hydrogens (tertiary/aromatic N) is 2. The van der Waals surface area contributed by atoms with Crippen LogP contribution in [0, 0.1) is 0 Å². The van der Waals surface area contributed by atoms with Crippen LogP contribution in [0.1, 0.15) is 25.3 Å². The molecule has 0 unspecified atom stereocenters. The lowest BCUT2D eigenvalue weighted by Gasteiger charge is -2.10. The topological polar surface area (TPSA) is 61.0 Å². The first kappa shape index (κ1) is 17.8. The van der Waals surface area contributed by atoms with Gasteiger partial charge in [0.2, 0.25) is 5.88 Å². The third-order valence-corrected chi connectivity index (χ3v) is 3.14. The molecular formula is C14H16Cl3N3O. The Bertz CT molecular complexity index is 606. The highest BCUT2D eigenvalue weighted by atomic mass is 35.5. The van der Waals surface area contributed by atoms with Gasteiger partial charge in [-0.1, -0.05) is 37.0 Å². The zero-order valence-electron chi connectivity index (χ0n) is 11.9. The molecule has 0 aliphatic carbocycles. The Morgan fingerprint density at radius 2 is 1.76 bits per heavy atom. The summed E-state index contributed by atoms with van der Waals surface area (Å²) in [5, 5.41) is 8.55. The number of anilines is 1. The molecule has 7 heteroatoms. The maximum atomic E-state index is 6.03. The van der Waals surface area contributed by atoms with E-state index in [-0.39, 0.29) is 5.92 Å². The average Bonchev–Trinajstić information content (AvgIpc) is 2.45. The molecule has 4 nitrogen and oxygen atoms in total. The molecule has 0 spiro atoms. The number of hydrogen-bond acceptors (Lipinski definition) is 4. The standard InChI is InChI=1S/C13H13Cl2N3O.CH3Cl/c1-7(2)9-6-12(17-18-13(9)15)19-11-4-3-8(16)5-10(11)14;1-2/h3-7H,16H2,1-2H3;1H3. The van der Waals surface area contributed by atoms with Crippen molar-refractivity contribution in [1.29, 1.82) is 0 Å². The lowest BCUT2D eigenvalue weighted by molar-refractivity contribution is 0.454. The van der Waals surface area contributed by atoms with Gasteiger partial charge in [0, 0.05) is 18.1 Å². The van der Waals surface area contributed by atoms with E-state index in [4.69, 9.17) is 33.7 Å². The van der Waals surface area contributed by atoms with E-state index in [1.54, 1.807) is 24.3 Å². The number of rotatable bonds is 3. The predicted molar refractivity (Wildman–Crippen MR) is 88.8 cm³/mol. The van der Waals surface area contributed by atoms with Crippen LogP contribution in [0.25, 0.3) is 0 Å². The van der Waals surface area contributed by atoms with Crippen molar-refractivity contribution in [2.45, 2.75) is 19.8 Å². The lowest BCUT2D eigenvalue weighted by atomic mass is 10.1. The first-order valence-electron chi connectivity index (χ1n) is 6.11. The van der Waals surface area contributed by atoms with Crippen LogP contribution in [-0.4, -0.2) is 16.6 Å². The van der Waals surface area contributed by atoms with Crippen molar-refractivity contribution in [2.75, 3.05) is 12.1 Å². The first-order valence-corrected chi connectivity index (χ1v) is 7.62. The van der Waals surface area contributed by atoms with Crippen molar-refractivity contribution >= 4 is 40.5 Å². The van der Waals surface area contributed by atoms with Crippen LogP contribution in [-0.2, 0) is 0 Å². The summed E-state index contributed by atoms with van der Waals surface area (Å²) in [5.74, 6) is 1.05. The monoisotopic (exact) mass is 347 g/mol. The molecule has 1 heterocycles. The molecule has 1 aromatic carbocycles. The van der Waals surface area contributed by atoms with Crippen molar-refractivity contribution < 1.29 is 4.74 Å². The van der Waals surface area contributed by atoms with Gasteiger partial charge in [-0.15, -0.1) is 21.8 Å². The number of hydrogen-bond donors (Lipinski definition) is 1. The Balaban J connectivity index is 0.00000106. The van der Waals surface area contributed by atoms with E-state index in [2.05, 4.69) is 21.8 Å². The fourth-order valence-electron chi connectivity index (χ4n) is 1.54. The van der Waals surface area contributed by atoms with Crippen LogP contribution in [0.15, 0.2) is 24.3 Å². The fourth-order valence-corrected chi connectivity index (χ4v) is 2.08. The van der Waals surface area contributed by atoms with Crippen LogP contribution >= 0.6 is 34.8 Å². The summed E-state index contributed by atoms with van der Waals surface area (Å²) >= 11 is 16.6. The second-order valence-corrected chi connectivity index (χ2v) is 5.14. The van der Waals surface area contributed by atoms with Crippen LogP contribution in [0.4, 0.5) is 5.69 Å². The molecule has 2 aromatic rings. The number of ether oxygens (including phenoxy) is 1. The quantitative estimate of drug-likeness (QED) is 0.616. The zero-order chi connectivity index (χ0) is 16.0. The highest BCUT2D eigenvalue weighted by Crippen LogP contribution is 2.32. The summed E-state index contributed by atoms with van der Waals surface area (Å²) in [6.45, 7) is 4.03. The van der Waals surface area contributed by atoms with Crippen molar-refractivity contribution in [1.82, 2.24) is 10.2 Å². The molecule has 0 aliphatic heterocycles. The summed E-state index contributed by atoms with van der Waals surface area (Å²) in [6, 6.07) is 6.76. The average molecular weight is 349 g/mol. The minimum absolute atomic E-state index is 0.229. The van der Waals surface area contributed by atoms with E-state index in [0.717, 1.165) is 5.56 Å². The second kappa shape index (κ2) is 8.27. The molecule has 2 rings (SSSR count). The smallest absolute Gasteiger partial charge is 0.239 e. The molecule has 21 heavy (non-hydrogen) atoms. The third kappa shape index (κ3) is 4.92. The summed E-state index contributed by atoms with van der Waals surface area (Å²) in [5.41, 5.74) is 7.06. The van der Waals surface area contributed by atoms with E-state index < -0.39 is 0 Å². The Kier molecular flexibility index (Phi) is 7.02. The second-order valence-electron chi connectivity index (χ2n) is 4.38. The maximum absolute atomic E-state index is 6.03. The van der Waals surface area contributed by atoms with Crippen molar-refractivity contribution in [3.63, 3.8) is 0 Å². The number of benzene rings is 1. The largest absolute Gasteiger partial charge is 0.436 e. The van der Waals surface area contributed by atoms with E-state index in [0.29, 0.717) is 27.5 Å². The molecular weight excluding hydrogens is 333 g/mol. The minimum atomic E-state index is 0.229. The van der Waals surface area contributed by atoms with Gasteiger partial charge in [0.1, 0.15) is 5.75 Å². The van der Waals surface area contributed by atoms with E-state index >= 15 is 0 Å². The molecule has 0 saturated carbocycles. The van der Waals surface area contributed by atoms with E-state index in [1.807, 2.05) is 13.8 Å². The van der Waals surface area contributed by atoms with Crippen LogP contribution in [0.2, 0.25) is 10.2 Å². The summed E-state index contributed by atoms with van der Waals surface area (Å²) in [6.07, 6.45) is 1.47. The van der Waals surface area contributed by atoms with Gasteiger partial charge in [-0.05, 0) is 29.7 Å². The van der Waals surface area contributed by atoms with E-state index in [1.165, 1.54) is 6.38 Å². The molecule has 2 N–H and O–H groups in total. The van der Waals surface area contributed by atoms with Crippen molar-refractivity contribution in [2.24, 2.45) is 0 Å². The van der Waals surface area contributed by atoms with Gasteiger partial charge in [0.15, 0.2) is 5.15 Å². The lowest BCUT2D eigenvalue weighted by Crippen LogP contribution is -1.97. The molecule has 0 saturated heterocycles. The Morgan fingerprint density at radius 3 is 2.33 bits per heavy atom. The molecule has 0 fully saturated rings. The molecule has 0 aliphatic rings. The molecule has 0 bridgehead atoms. The van der Waals surface area contributed by atoms with Crippen LogP contribution in [0.5, 0.6) is 11.6 Å². The highest BCUT2D eigenvalue weighted by molar-refractivity contribution is 6.32. The highest BCUT2D eigenvalue weighted by Gasteiger charge is 2.11. The molecule has 114 valence electrons. The van der Waals surface area contributed by atoms with Crippen LogP contribution < -0.4 is 10.5 Å². The number of nitrogens with two attached hydrogens (primary N) is 1. The Hall–Kier alpha value is -1.23. The minimum Gasteiger partial charge on any atom is -0.436 e. The summed E-state index contributed by atoms with van der Waals surface area (Å²) in [7, 11) is 0. The van der Waals surface area contributed by atoms with Crippen LogP contribution in [0.3, 0.4) is 0 Å². The number of alkyl halides is 1. The summed E-state index contributed by atoms with van der Waals surface area (Å²) in [4.78, 5) is 0. The SMILES string of the molecule is CC(C)c1cc(Oc2ccc(N)cc2Cl)nnc1Cl.CCl. The van der Waals surface area contributed by atoms with Gasteiger partial charge in [-0.25, -0.2) is 0 Å². The Morgan fingerprint density at radius 1 is 1.10 bits per heavy atom. The van der Waals surface area contributed by atoms with Gasteiger partial charge in [0.25, 0.3) is 0 Å². The predicted octanol–water partition coefficient (Wildman–Crippen LogP) is 5.14. The van der Waals surface area contributed by atoms with Gasteiger partial charge in [0.05, 0.1) is 5.02 Å². The van der Waals surface area contributed by atoms with Crippen molar-refractivity contribution in [3.8, 4) is 11.6 Å². The van der Waals surface area contributed by atoms with Gasteiger partial charge in [-0.3, -0.25) is 0 Å². The van der Waals surface area contributed by atoms with Gasteiger partial charge >= 0.3 is 0 Å². The van der Waals surface area contributed by atoms with E-state index in [9.17, 15) is 0 Å². The normalized spacial score (nSPS) is 10.0. The molecule has 1 aromatic heterocycles. The summed E-state index contributed by atoms with van der Waals surface area (Å²) < 4.78 is 5.59. The number of nitrogen functional groups attached to an aromatic ring is 1.